The van der Waals surface area contributed by atoms with Crippen molar-refractivity contribution in [2.75, 3.05) is 6.61 Å². The highest BCUT2D eigenvalue weighted by atomic mass is 16.4. The summed E-state index contributed by atoms with van der Waals surface area (Å²) in [4.78, 5) is 4.21. The number of benzene rings is 1. The second kappa shape index (κ2) is 6.58. The molecule has 5 N–H and O–H groups in total. The van der Waals surface area contributed by atoms with Crippen molar-refractivity contribution < 1.29 is 25.5 Å². The molecule has 1 aromatic carbocycles. The minimum Gasteiger partial charge on any atom is -0.507 e. The number of hydrogen-bond acceptors (Lipinski definition) is 6. The van der Waals surface area contributed by atoms with Crippen LogP contribution in [-0.4, -0.2) is 62.7 Å². The zero-order chi connectivity index (χ0) is 16.4. The Labute approximate surface area is 128 Å². The monoisotopic (exact) mass is 307 g/mol. The molecule has 0 radical (unpaired) electrons. The zero-order valence-electron chi connectivity index (χ0n) is 12.5. The quantitative estimate of drug-likeness (QED) is 0.392. The largest absolute Gasteiger partial charge is 0.507 e. The van der Waals surface area contributed by atoms with Gasteiger partial charge in [-0.1, -0.05) is 6.08 Å². The molecule has 1 aliphatic rings. The van der Waals surface area contributed by atoms with Crippen LogP contribution >= 0.6 is 0 Å². The zero-order valence-corrected chi connectivity index (χ0v) is 12.5. The van der Waals surface area contributed by atoms with E-state index in [-0.39, 0.29) is 11.3 Å². The Morgan fingerprint density at radius 2 is 1.68 bits per heavy atom. The third-order valence-corrected chi connectivity index (χ3v) is 3.88. The van der Waals surface area contributed by atoms with Gasteiger partial charge in [-0.2, -0.15) is 0 Å². The summed E-state index contributed by atoms with van der Waals surface area (Å²) in [6.45, 7) is 3.15. The van der Waals surface area contributed by atoms with Gasteiger partial charge in [0.25, 0.3) is 0 Å². The minimum absolute atomic E-state index is 0.232. The van der Waals surface area contributed by atoms with E-state index in [1.807, 2.05) is 0 Å². The van der Waals surface area contributed by atoms with E-state index in [1.54, 1.807) is 26.0 Å². The summed E-state index contributed by atoms with van der Waals surface area (Å²) < 4.78 is 0. The molecule has 6 heteroatoms. The normalized spacial score (nSPS) is 28.9. The highest BCUT2D eigenvalue weighted by Gasteiger charge is 2.36. The van der Waals surface area contributed by atoms with Gasteiger partial charge in [0.2, 0.25) is 0 Å². The van der Waals surface area contributed by atoms with Gasteiger partial charge >= 0.3 is 0 Å². The van der Waals surface area contributed by atoms with E-state index in [0.717, 1.165) is 5.56 Å². The lowest BCUT2D eigenvalue weighted by Gasteiger charge is -2.32. The van der Waals surface area contributed by atoms with Crippen molar-refractivity contribution >= 4 is 6.21 Å². The van der Waals surface area contributed by atoms with Gasteiger partial charge in [-0.15, -0.1) is 0 Å². The Bertz CT molecular complexity index is 588. The summed E-state index contributed by atoms with van der Waals surface area (Å²) in [6, 6.07) is 2.75. The van der Waals surface area contributed by atoms with Gasteiger partial charge in [-0.25, -0.2) is 0 Å². The van der Waals surface area contributed by atoms with Gasteiger partial charge in [0.15, 0.2) is 0 Å². The maximum atomic E-state index is 9.96. The van der Waals surface area contributed by atoms with Crippen molar-refractivity contribution in [1.29, 1.82) is 0 Å². The first-order chi connectivity index (χ1) is 10.3. The van der Waals surface area contributed by atoms with Crippen molar-refractivity contribution in [2.24, 2.45) is 4.99 Å². The van der Waals surface area contributed by atoms with E-state index in [0.29, 0.717) is 11.1 Å². The van der Waals surface area contributed by atoms with Crippen LogP contribution in [0.2, 0.25) is 0 Å². The van der Waals surface area contributed by atoms with Crippen molar-refractivity contribution in [3.63, 3.8) is 0 Å². The number of hydrogen-bond donors (Lipinski definition) is 5. The lowest BCUT2D eigenvalue weighted by molar-refractivity contribution is -0.0592. The summed E-state index contributed by atoms with van der Waals surface area (Å²) in [5, 5.41) is 48.3. The third kappa shape index (κ3) is 3.20. The molecule has 22 heavy (non-hydrogen) atoms. The molecule has 1 aliphatic carbocycles. The van der Waals surface area contributed by atoms with Crippen LogP contribution in [0.5, 0.6) is 5.75 Å². The summed E-state index contributed by atoms with van der Waals surface area (Å²) in [5.41, 5.74) is 2.41. The molecule has 0 spiro atoms. The first-order valence-corrected chi connectivity index (χ1v) is 7.04. The second-order valence-corrected chi connectivity index (χ2v) is 5.60. The van der Waals surface area contributed by atoms with Crippen molar-refractivity contribution in [3.05, 3.63) is 40.5 Å². The number of aliphatic hydroxyl groups excluding tert-OH is 4. The molecule has 4 atom stereocenters. The van der Waals surface area contributed by atoms with E-state index >= 15 is 0 Å². The fourth-order valence-corrected chi connectivity index (χ4v) is 2.54. The molecule has 0 fully saturated rings. The van der Waals surface area contributed by atoms with Gasteiger partial charge in [0.05, 0.1) is 12.6 Å². The number of phenols is 1. The van der Waals surface area contributed by atoms with Gasteiger partial charge in [-0.05, 0) is 48.2 Å². The lowest BCUT2D eigenvalue weighted by Crippen LogP contribution is -2.48. The average molecular weight is 307 g/mol. The molecule has 0 bridgehead atoms. The summed E-state index contributed by atoms with van der Waals surface area (Å²) in [7, 11) is 0. The number of rotatable bonds is 3. The predicted octanol–water partition coefficient (Wildman–Crippen LogP) is -0.188. The predicted molar refractivity (Wildman–Crippen MR) is 82.2 cm³/mol. The fourth-order valence-electron chi connectivity index (χ4n) is 2.54. The molecule has 0 saturated carbocycles. The highest BCUT2D eigenvalue weighted by molar-refractivity contribution is 5.81. The van der Waals surface area contributed by atoms with Crippen LogP contribution < -0.4 is 0 Å². The molecule has 1 aromatic rings. The smallest absolute Gasteiger partial charge is 0.121 e. The molecule has 0 aliphatic heterocycles. The molecule has 0 amide bonds. The van der Waals surface area contributed by atoms with E-state index < -0.39 is 31.0 Å². The fraction of sp³-hybridized carbons (Fsp3) is 0.438. The highest BCUT2D eigenvalue weighted by Crippen LogP contribution is 2.24. The van der Waals surface area contributed by atoms with Crippen LogP contribution in [0, 0.1) is 13.8 Å². The minimum atomic E-state index is -1.39. The van der Waals surface area contributed by atoms with Gasteiger partial charge in [0, 0.05) is 6.21 Å². The van der Waals surface area contributed by atoms with Crippen molar-refractivity contribution in [1.82, 2.24) is 0 Å². The standard InChI is InChI=1S/C16H21NO5/c1-8-3-10(4-9(2)13(8)19)6-17-12-5-11(7-18)14(20)16(22)15(12)21/h3-6,12,14-16,18-22H,7H2,1-2H3/b17-6+/t12-,14+,15-,16?/m0/s1. The van der Waals surface area contributed by atoms with E-state index in [4.69, 9.17) is 0 Å². The van der Waals surface area contributed by atoms with Gasteiger partial charge < -0.3 is 25.5 Å². The summed E-state index contributed by atoms with van der Waals surface area (Å²) >= 11 is 0. The number of aliphatic hydroxyl groups is 4. The topological polar surface area (TPSA) is 114 Å². The third-order valence-electron chi connectivity index (χ3n) is 3.88. The average Bonchev–Trinajstić information content (AvgIpc) is 2.49. The van der Waals surface area contributed by atoms with Crippen molar-refractivity contribution in [2.45, 2.75) is 38.2 Å². The van der Waals surface area contributed by atoms with Crippen LogP contribution in [0.3, 0.4) is 0 Å². The lowest BCUT2D eigenvalue weighted by atomic mass is 9.88. The van der Waals surface area contributed by atoms with E-state index in [2.05, 4.69) is 4.99 Å². The number of nitrogens with zero attached hydrogens (tertiary/aromatic N) is 1. The first kappa shape index (κ1) is 16.6. The molecule has 1 unspecified atom stereocenters. The molecule has 0 heterocycles. The summed E-state index contributed by atoms with van der Waals surface area (Å²) in [5.74, 6) is 0.232. The molecule has 6 nitrogen and oxygen atoms in total. The number of aromatic hydroxyl groups is 1. The van der Waals surface area contributed by atoms with E-state index in [1.165, 1.54) is 12.3 Å². The van der Waals surface area contributed by atoms with Crippen LogP contribution in [-0.2, 0) is 0 Å². The van der Waals surface area contributed by atoms with Crippen molar-refractivity contribution in [3.8, 4) is 5.75 Å². The molecule has 0 aromatic heterocycles. The Kier molecular flexibility index (Phi) is 4.97. The molecule has 120 valence electrons. The SMILES string of the molecule is Cc1cc(/C=N/[C@H]2C=C(CO)[C@@H](O)C(O)[C@H]2O)cc(C)c1O. The second-order valence-electron chi connectivity index (χ2n) is 5.60. The molecular weight excluding hydrogens is 286 g/mol. The molecular formula is C16H21NO5. The molecule has 2 rings (SSSR count). The Hall–Kier alpha value is -1.73. The van der Waals surface area contributed by atoms with Crippen LogP contribution in [0.1, 0.15) is 16.7 Å². The number of phenolic OH excluding ortho intramolecular Hbond substituents is 1. The van der Waals surface area contributed by atoms with Crippen LogP contribution in [0.4, 0.5) is 0 Å². The molecule has 0 saturated heterocycles. The Balaban J connectivity index is 2.27. The maximum absolute atomic E-state index is 9.96. The number of aryl methyl sites for hydroxylation is 2. The van der Waals surface area contributed by atoms with E-state index in [9.17, 15) is 25.5 Å². The Morgan fingerprint density at radius 3 is 2.23 bits per heavy atom. The maximum Gasteiger partial charge on any atom is 0.121 e. The number of aliphatic imine (C=N–C) groups is 1. The van der Waals surface area contributed by atoms with Gasteiger partial charge in [0.1, 0.15) is 24.1 Å². The van der Waals surface area contributed by atoms with Crippen LogP contribution in [0.25, 0.3) is 0 Å². The summed E-state index contributed by atoms with van der Waals surface area (Å²) in [6.07, 6.45) is -0.940. The Morgan fingerprint density at radius 1 is 1.09 bits per heavy atom. The first-order valence-electron chi connectivity index (χ1n) is 7.04. The van der Waals surface area contributed by atoms with Gasteiger partial charge in [-0.3, -0.25) is 4.99 Å². The van der Waals surface area contributed by atoms with Crippen LogP contribution in [0.15, 0.2) is 28.8 Å².